The Bertz CT molecular complexity index is 650. The maximum atomic E-state index is 12.9. The van der Waals surface area contributed by atoms with E-state index in [2.05, 4.69) is 24.5 Å². The van der Waals surface area contributed by atoms with Gasteiger partial charge in [0.05, 0.1) is 10.6 Å². The molecule has 29 heavy (non-hydrogen) atoms. The second-order valence-electron chi connectivity index (χ2n) is 9.22. The number of nitrogens with one attached hydrogen (secondary N) is 2. The zero-order chi connectivity index (χ0) is 20.0. The molecule has 2 saturated carbocycles. The molecule has 2 N–H and O–H groups in total. The van der Waals surface area contributed by atoms with Gasteiger partial charge in [-0.05, 0) is 81.0 Å². The normalized spacial score (nSPS) is 24.4. The number of hydrogen-bond acceptors (Lipinski definition) is 2. The highest BCUT2D eigenvalue weighted by Crippen LogP contribution is 2.48. The van der Waals surface area contributed by atoms with E-state index in [-0.39, 0.29) is 13.3 Å². The SMILES string of the molecule is CCC(C)NCCCc1ccc(Cl)c(C(=O)NCC23CCCC(CCC2)C3)c1.[CH2]. The van der Waals surface area contributed by atoms with E-state index in [9.17, 15) is 4.79 Å². The van der Waals surface area contributed by atoms with Gasteiger partial charge in [-0.25, -0.2) is 0 Å². The van der Waals surface area contributed by atoms with Gasteiger partial charge in [0, 0.05) is 12.6 Å². The van der Waals surface area contributed by atoms with Crippen LogP contribution in [0.25, 0.3) is 0 Å². The highest BCUT2D eigenvalue weighted by molar-refractivity contribution is 6.33. The van der Waals surface area contributed by atoms with Crippen LogP contribution >= 0.6 is 11.6 Å². The van der Waals surface area contributed by atoms with Gasteiger partial charge in [-0.1, -0.05) is 57.7 Å². The van der Waals surface area contributed by atoms with Crippen LogP contribution < -0.4 is 10.6 Å². The topological polar surface area (TPSA) is 41.1 Å². The Balaban J connectivity index is 0.00000300. The van der Waals surface area contributed by atoms with E-state index in [0.29, 0.717) is 22.0 Å². The molecule has 162 valence electrons. The molecule has 2 aliphatic carbocycles. The first kappa shape index (κ1) is 24.2. The van der Waals surface area contributed by atoms with Crippen molar-refractivity contribution in [1.82, 2.24) is 10.6 Å². The molecule has 1 unspecified atom stereocenters. The summed E-state index contributed by atoms with van der Waals surface area (Å²) in [6, 6.07) is 6.48. The Morgan fingerprint density at radius 2 is 2.00 bits per heavy atom. The van der Waals surface area contributed by atoms with Crippen LogP contribution in [0.3, 0.4) is 0 Å². The molecule has 0 heterocycles. The van der Waals surface area contributed by atoms with E-state index < -0.39 is 0 Å². The zero-order valence-corrected chi connectivity index (χ0v) is 19.1. The number of rotatable bonds is 9. The van der Waals surface area contributed by atoms with E-state index in [1.54, 1.807) is 0 Å². The van der Waals surface area contributed by atoms with E-state index in [4.69, 9.17) is 11.6 Å². The molecule has 3 rings (SSSR count). The molecule has 1 aromatic rings. The molecule has 2 bridgehead atoms. The summed E-state index contributed by atoms with van der Waals surface area (Å²) in [7, 11) is 0. The van der Waals surface area contributed by atoms with Crippen LogP contribution in [0, 0.1) is 18.8 Å². The Labute approximate surface area is 183 Å². The van der Waals surface area contributed by atoms with Crippen LogP contribution in [-0.2, 0) is 6.42 Å². The summed E-state index contributed by atoms with van der Waals surface area (Å²) in [6.45, 7) is 6.22. The van der Waals surface area contributed by atoms with Gasteiger partial charge in [-0.2, -0.15) is 0 Å². The van der Waals surface area contributed by atoms with Crippen molar-refractivity contribution < 1.29 is 4.79 Å². The number of amides is 1. The van der Waals surface area contributed by atoms with Gasteiger partial charge in [0.2, 0.25) is 0 Å². The van der Waals surface area contributed by atoms with Crippen LogP contribution in [0.2, 0.25) is 5.02 Å². The van der Waals surface area contributed by atoms with Crippen molar-refractivity contribution in [3.63, 3.8) is 0 Å². The lowest BCUT2D eigenvalue weighted by molar-refractivity contribution is 0.0682. The molecule has 0 aliphatic heterocycles. The molecule has 1 amide bonds. The molecule has 2 fully saturated rings. The van der Waals surface area contributed by atoms with E-state index >= 15 is 0 Å². The molecule has 1 atom stereocenters. The third-order valence-electron chi connectivity index (χ3n) is 7.01. The Morgan fingerprint density at radius 3 is 2.69 bits per heavy atom. The van der Waals surface area contributed by atoms with Crippen LogP contribution in [-0.4, -0.2) is 25.0 Å². The number of fused-ring (bicyclic) bond motifs is 2. The van der Waals surface area contributed by atoms with Crippen molar-refractivity contribution >= 4 is 17.5 Å². The average Bonchev–Trinajstić information content (AvgIpc) is 2.70. The summed E-state index contributed by atoms with van der Waals surface area (Å²) in [6.07, 6.45) is 12.4. The molecule has 0 aromatic heterocycles. The lowest BCUT2D eigenvalue weighted by Gasteiger charge is -2.45. The van der Waals surface area contributed by atoms with Gasteiger partial charge in [0.1, 0.15) is 0 Å². The second-order valence-corrected chi connectivity index (χ2v) is 9.63. The standard InChI is InChI=1S/C24H37ClN2O.CH2/c1-3-18(2)26-14-6-9-19-10-11-22(25)21(15-19)23(28)27-17-24-12-4-7-20(16-24)8-5-13-24;/h10-11,15,18,20,26H,3-9,12-14,16-17H2,1-2H3,(H,27,28);1H2. The van der Waals surface area contributed by atoms with Crippen molar-refractivity contribution in [2.24, 2.45) is 11.3 Å². The summed E-state index contributed by atoms with van der Waals surface area (Å²) in [5, 5.41) is 7.32. The lowest BCUT2D eigenvalue weighted by atomic mass is 9.62. The minimum atomic E-state index is -0.00773. The van der Waals surface area contributed by atoms with Crippen LogP contribution in [0.4, 0.5) is 0 Å². The quantitative estimate of drug-likeness (QED) is 0.477. The van der Waals surface area contributed by atoms with E-state index in [0.717, 1.165) is 38.3 Å². The summed E-state index contributed by atoms with van der Waals surface area (Å²) < 4.78 is 0. The van der Waals surface area contributed by atoms with Crippen molar-refractivity contribution in [2.75, 3.05) is 13.1 Å². The van der Waals surface area contributed by atoms with Gasteiger partial charge < -0.3 is 10.6 Å². The molecule has 1 aromatic carbocycles. The van der Waals surface area contributed by atoms with Crippen molar-refractivity contribution in [1.29, 1.82) is 0 Å². The highest BCUT2D eigenvalue weighted by atomic mass is 35.5. The minimum absolute atomic E-state index is 0. The Hall–Kier alpha value is -1.06. The fourth-order valence-electron chi connectivity index (χ4n) is 5.12. The molecule has 4 heteroatoms. The van der Waals surface area contributed by atoms with Crippen LogP contribution in [0.1, 0.15) is 87.6 Å². The molecule has 3 nitrogen and oxygen atoms in total. The van der Waals surface area contributed by atoms with E-state index in [1.165, 1.54) is 50.5 Å². The summed E-state index contributed by atoms with van der Waals surface area (Å²) in [4.78, 5) is 12.9. The fraction of sp³-hybridized carbons (Fsp3) is 0.680. The van der Waals surface area contributed by atoms with Crippen molar-refractivity contribution in [2.45, 2.75) is 84.1 Å². The van der Waals surface area contributed by atoms with Crippen molar-refractivity contribution in [3.05, 3.63) is 41.8 Å². The average molecular weight is 419 g/mol. The predicted octanol–water partition coefficient (Wildman–Crippen LogP) is 6.08. The molecular weight excluding hydrogens is 380 g/mol. The summed E-state index contributed by atoms with van der Waals surface area (Å²) in [5.41, 5.74) is 2.16. The first-order chi connectivity index (χ1) is 13.5. The Kier molecular flexibility index (Phi) is 9.49. The molecule has 2 aliphatic rings. The first-order valence-corrected chi connectivity index (χ1v) is 11.7. The minimum Gasteiger partial charge on any atom is -0.351 e. The lowest BCUT2D eigenvalue weighted by Crippen LogP contribution is -2.43. The molecular formula is C25H39ClN2O. The zero-order valence-electron chi connectivity index (χ0n) is 18.4. The first-order valence-electron chi connectivity index (χ1n) is 11.3. The number of benzene rings is 1. The maximum Gasteiger partial charge on any atom is 0.252 e. The van der Waals surface area contributed by atoms with Crippen LogP contribution in [0.5, 0.6) is 0 Å². The monoisotopic (exact) mass is 418 g/mol. The third kappa shape index (κ3) is 6.72. The van der Waals surface area contributed by atoms with Gasteiger partial charge in [0.15, 0.2) is 0 Å². The number of carbonyl (C=O) groups is 1. The number of halogens is 1. The number of carbonyl (C=O) groups excluding carboxylic acids is 1. The van der Waals surface area contributed by atoms with Crippen molar-refractivity contribution in [3.8, 4) is 0 Å². The molecule has 0 spiro atoms. The van der Waals surface area contributed by atoms with Gasteiger partial charge in [0.25, 0.3) is 5.91 Å². The highest BCUT2D eigenvalue weighted by Gasteiger charge is 2.39. The predicted molar refractivity (Wildman–Crippen MR) is 123 cm³/mol. The molecule has 2 radical (unpaired) electrons. The number of aryl methyl sites for hydroxylation is 1. The number of hydrogen-bond donors (Lipinski definition) is 2. The summed E-state index contributed by atoms with van der Waals surface area (Å²) >= 11 is 6.36. The Morgan fingerprint density at radius 1 is 1.28 bits per heavy atom. The van der Waals surface area contributed by atoms with Gasteiger partial charge >= 0.3 is 0 Å². The third-order valence-corrected chi connectivity index (χ3v) is 7.34. The summed E-state index contributed by atoms with van der Waals surface area (Å²) in [5.74, 6) is 0.877. The fourth-order valence-corrected chi connectivity index (χ4v) is 5.32. The molecule has 0 saturated heterocycles. The second kappa shape index (κ2) is 11.4. The van der Waals surface area contributed by atoms with E-state index in [1.807, 2.05) is 18.2 Å². The smallest absolute Gasteiger partial charge is 0.252 e. The maximum absolute atomic E-state index is 12.9. The largest absolute Gasteiger partial charge is 0.351 e. The van der Waals surface area contributed by atoms with Gasteiger partial charge in [-0.3, -0.25) is 4.79 Å². The van der Waals surface area contributed by atoms with Gasteiger partial charge in [-0.15, -0.1) is 0 Å². The van der Waals surface area contributed by atoms with Crippen LogP contribution in [0.15, 0.2) is 18.2 Å².